The van der Waals surface area contributed by atoms with E-state index >= 15 is 0 Å². The number of nitrogens with two attached hydrogens (primary N) is 1. The van der Waals surface area contributed by atoms with Crippen molar-refractivity contribution in [3.05, 3.63) is 23.7 Å². The van der Waals surface area contributed by atoms with E-state index in [1.165, 1.54) is 0 Å². The van der Waals surface area contributed by atoms with Gasteiger partial charge in [-0.3, -0.25) is 4.90 Å². The topological polar surface area (TPSA) is 51.6 Å². The van der Waals surface area contributed by atoms with E-state index in [1.807, 2.05) is 0 Å². The summed E-state index contributed by atoms with van der Waals surface area (Å²) in [5, 5.41) is 0. The van der Waals surface area contributed by atoms with Gasteiger partial charge in [-0.1, -0.05) is 20.8 Å². The number of nitrogens with zero attached hydrogens (tertiary/aromatic N) is 1. The second-order valence-corrected chi connectivity index (χ2v) is 5.11. The van der Waals surface area contributed by atoms with Crippen molar-refractivity contribution >= 4 is 0 Å². The van der Waals surface area contributed by atoms with E-state index in [9.17, 15) is 0 Å². The minimum Gasteiger partial charge on any atom is -0.464 e. The van der Waals surface area contributed by atoms with Crippen LogP contribution in [0, 0.1) is 0 Å². The molecule has 0 aromatic carbocycles. The van der Waals surface area contributed by atoms with Gasteiger partial charge >= 0.3 is 0 Å². The van der Waals surface area contributed by atoms with Crippen LogP contribution in [0.15, 0.2) is 16.5 Å². The Bertz CT molecular complexity index is 361. The standard InChI is InChI=1S/C16H30N2O2/c1-5-13(6-2)18(10-11-19-4)15(12-17)16-9-8-14(7-3)20-16/h8-9,13,15H,5-7,10-12,17H2,1-4H3. The molecular weight excluding hydrogens is 252 g/mol. The highest BCUT2D eigenvalue weighted by Crippen LogP contribution is 2.26. The van der Waals surface area contributed by atoms with E-state index < -0.39 is 0 Å². The number of hydrogen-bond donors (Lipinski definition) is 1. The third-order valence-electron chi connectivity index (χ3n) is 3.95. The van der Waals surface area contributed by atoms with Crippen LogP contribution in [0.3, 0.4) is 0 Å². The van der Waals surface area contributed by atoms with Crippen molar-refractivity contribution in [1.82, 2.24) is 4.90 Å². The molecule has 20 heavy (non-hydrogen) atoms. The maximum absolute atomic E-state index is 6.03. The molecule has 0 aliphatic carbocycles. The van der Waals surface area contributed by atoms with Gasteiger partial charge in [0.2, 0.25) is 0 Å². The lowest BCUT2D eigenvalue weighted by molar-refractivity contribution is 0.0726. The molecule has 0 saturated heterocycles. The Morgan fingerprint density at radius 3 is 2.40 bits per heavy atom. The van der Waals surface area contributed by atoms with E-state index in [4.69, 9.17) is 14.9 Å². The lowest BCUT2D eigenvalue weighted by Gasteiger charge is -2.35. The van der Waals surface area contributed by atoms with Gasteiger partial charge in [0.1, 0.15) is 11.5 Å². The molecule has 1 unspecified atom stereocenters. The van der Waals surface area contributed by atoms with Crippen LogP contribution >= 0.6 is 0 Å². The fourth-order valence-electron chi connectivity index (χ4n) is 2.73. The van der Waals surface area contributed by atoms with Crippen molar-refractivity contribution in [3.8, 4) is 0 Å². The van der Waals surface area contributed by atoms with Crippen LogP contribution in [0.1, 0.15) is 51.2 Å². The van der Waals surface area contributed by atoms with Crippen molar-refractivity contribution < 1.29 is 9.15 Å². The van der Waals surface area contributed by atoms with E-state index in [1.54, 1.807) is 7.11 Å². The molecule has 0 radical (unpaired) electrons. The second-order valence-electron chi connectivity index (χ2n) is 5.11. The van der Waals surface area contributed by atoms with Crippen LogP contribution in [-0.4, -0.2) is 37.7 Å². The largest absolute Gasteiger partial charge is 0.464 e. The maximum atomic E-state index is 6.03. The van der Waals surface area contributed by atoms with Crippen molar-refractivity contribution in [2.75, 3.05) is 26.8 Å². The molecule has 0 bridgehead atoms. The molecule has 1 rings (SSSR count). The molecule has 4 heteroatoms. The minimum atomic E-state index is 0.135. The zero-order chi connectivity index (χ0) is 15.0. The number of furan rings is 1. The summed E-state index contributed by atoms with van der Waals surface area (Å²) in [7, 11) is 1.74. The minimum absolute atomic E-state index is 0.135. The summed E-state index contributed by atoms with van der Waals surface area (Å²) < 4.78 is 11.2. The third-order valence-corrected chi connectivity index (χ3v) is 3.95. The summed E-state index contributed by atoms with van der Waals surface area (Å²) in [6, 6.07) is 4.77. The molecule has 4 nitrogen and oxygen atoms in total. The normalized spacial score (nSPS) is 13.3. The fraction of sp³-hybridized carbons (Fsp3) is 0.750. The monoisotopic (exact) mass is 282 g/mol. The summed E-state index contributed by atoms with van der Waals surface area (Å²) in [6.45, 7) is 8.71. The first-order chi connectivity index (χ1) is 9.71. The first-order valence-corrected chi connectivity index (χ1v) is 7.75. The predicted molar refractivity (Wildman–Crippen MR) is 82.8 cm³/mol. The van der Waals surface area contributed by atoms with E-state index in [0.717, 1.165) is 37.3 Å². The summed E-state index contributed by atoms with van der Waals surface area (Å²) in [6.07, 6.45) is 3.14. The highest BCUT2D eigenvalue weighted by Gasteiger charge is 2.26. The van der Waals surface area contributed by atoms with Crippen LogP contribution in [0.4, 0.5) is 0 Å². The van der Waals surface area contributed by atoms with Gasteiger partial charge in [0.05, 0.1) is 12.6 Å². The smallest absolute Gasteiger partial charge is 0.122 e. The SMILES string of the molecule is CCc1ccc(C(CN)N(CCOC)C(CC)CC)o1. The Morgan fingerprint density at radius 1 is 1.25 bits per heavy atom. The lowest BCUT2D eigenvalue weighted by Crippen LogP contribution is -2.42. The average Bonchev–Trinajstić information content (AvgIpc) is 2.94. The molecule has 0 spiro atoms. The van der Waals surface area contributed by atoms with Gasteiger partial charge in [-0.05, 0) is 25.0 Å². The maximum Gasteiger partial charge on any atom is 0.122 e. The molecule has 0 aliphatic heterocycles. The van der Waals surface area contributed by atoms with Gasteiger partial charge in [-0.2, -0.15) is 0 Å². The third kappa shape index (κ3) is 4.33. The van der Waals surface area contributed by atoms with Crippen LogP contribution in [-0.2, 0) is 11.2 Å². The molecule has 0 saturated carbocycles. The van der Waals surface area contributed by atoms with Crippen molar-refractivity contribution in [3.63, 3.8) is 0 Å². The van der Waals surface area contributed by atoms with Crippen LogP contribution in [0.2, 0.25) is 0 Å². The van der Waals surface area contributed by atoms with E-state index in [0.29, 0.717) is 19.2 Å². The number of hydrogen-bond acceptors (Lipinski definition) is 4. The van der Waals surface area contributed by atoms with Crippen molar-refractivity contribution in [2.45, 2.75) is 52.1 Å². The second kappa shape index (κ2) is 9.16. The molecule has 0 amide bonds. The van der Waals surface area contributed by atoms with E-state index in [2.05, 4.69) is 37.8 Å². The van der Waals surface area contributed by atoms with Crippen molar-refractivity contribution in [2.24, 2.45) is 5.73 Å². The number of ether oxygens (including phenoxy) is 1. The predicted octanol–water partition coefficient (Wildman–Crippen LogP) is 2.98. The number of rotatable bonds is 10. The molecule has 2 N–H and O–H groups in total. The highest BCUT2D eigenvalue weighted by atomic mass is 16.5. The van der Waals surface area contributed by atoms with Crippen LogP contribution in [0.5, 0.6) is 0 Å². The molecule has 0 aliphatic rings. The van der Waals surface area contributed by atoms with Gasteiger partial charge in [-0.25, -0.2) is 0 Å². The first kappa shape index (κ1) is 17.2. The quantitative estimate of drug-likeness (QED) is 0.717. The molecule has 1 atom stereocenters. The number of methoxy groups -OCH3 is 1. The zero-order valence-electron chi connectivity index (χ0n) is 13.4. The molecule has 0 fully saturated rings. The van der Waals surface area contributed by atoms with E-state index in [-0.39, 0.29) is 6.04 Å². The summed E-state index contributed by atoms with van der Waals surface area (Å²) >= 11 is 0. The Hall–Kier alpha value is -0.840. The van der Waals surface area contributed by atoms with Gasteiger partial charge < -0.3 is 14.9 Å². The first-order valence-electron chi connectivity index (χ1n) is 7.75. The average molecular weight is 282 g/mol. The molecule has 116 valence electrons. The Kier molecular flexibility index (Phi) is 7.88. The van der Waals surface area contributed by atoms with Gasteiger partial charge in [-0.15, -0.1) is 0 Å². The number of aryl methyl sites for hydroxylation is 1. The van der Waals surface area contributed by atoms with Gasteiger partial charge in [0, 0.05) is 32.7 Å². The lowest BCUT2D eigenvalue weighted by atomic mass is 10.1. The zero-order valence-corrected chi connectivity index (χ0v) is 13.4. The van der Waals surface area contributed by atoms with Crippen molar-refractivity contribution in [1.29, 1.82) is 0 Å². The summed E-state index contributed by atoms with van der Waals surface area (Å²) in [4.78, 5) is 2.43. The van der Waals surface area contributed by atoms with Crippen LogP contribution < -0.4 is 5.73 Å². The fourth-order valence-corrected chi connectivity index (χ4v) is 2.73. The molecule has 1 aromatic heterocycles. The summed E-state index contributed by atoms with van der Waals surface area (Å²) in [5.74, 6) is 2.00. The summed E-state index contributed by atoms with van der Waals surface area (Å²) in [5.41, 5.74) is 6.03. The Balaban J connectivity index is 2.93. The molecule has 1 aromatic rings. The molecule has 1 heterocycles. The van der Waals surface area contributed by atoms with Gasteiger partial charge in [0.15, 0.2) is 0 Å². The van der Waals surface area contributed by atoms with Gasteiger partial charge in [0.25, 0.3) is 0 Å². The Morgan fingerprint density at radius 2 is 1.95 bits per heavy atom. The highest BCUT2D eigenvalue weighted by molar-refractivity contribution is 5.12. The van der Waals surface area contributed by atoms with Crippen LogP contribution in [0.25, 0.3) is 0 Å². The molecular formula is C16H30N2O2. The Labute approximate surface area is 123 Å².